The average Bonchev–Trinajstić information content (AvgIpc) is 3.52. The highest BCUT2D eigenvalue weighted by Crippen LogP contribution is 2.69. The summed E-state index contributed by atoms with van der Waals surface area (Å²) in [6.07, 6.45) is 3.14. The quantitative estimate of drug-likeness (QED) is 0.485. The summed E-state index contributed by atoms with van der Waals surface area (Å²) in [6, 6.07) is 15.5. The Balaban J connectivity index is 1.40. The lowest BCUT2D eigenvalue weighted by Gasteiger charge is -2.62. The highest BCUT2D eigenvalue weighted by Gasteiger charge is 2.73. The molecule has 4 atom stereocenters. The van der Waals surface area contributed by atoms with Gasteiger partial charge in [-0.15, -0.1) is 0 Å². The van der Waals surface area contributed by atoms with Crippen molar-refractivity contribution in [1.29, 1.82) is 0 Å². The Morgan fingerprint density at radius 3 is 2.88 bits per heavy atom. The van der Waals surface area contributed by atoms with Gasteiger partial charge in [0.2, 0.25) is 0 Å². The van der Waals surface area contributed by atoms with Gasteiger partial charge in [0.1, 0.15) is 17.1 Å². The van der Waals surface area contributed by atoms with Crippen molar-refractivity contribution in [2.24, 2.45) is 0 Å². The largest absolute Gasteiger partial charge is 0.504 e. The molecule has 0 radical (unpaired) electrons. The zero-order valence-electron chi connectivity index (χ0n) is 18.0. The number of piperidine rings is 1. The second kappa shape index (κ2) is 5.82. The second-order valence-corrected chi connectivity index (χ2v) is 9.98. The lowest BCUT2D eigenvalue weighted by Crippen LogP contribution is -2.74. The van der Waals surface area contributed by atoms with Crippen molar-refractivity contribution in [2.45, 2.75) is 49.0 Å². The first kappa shape index (κ1) is 18.2. The first-order valence-electron chi connectivity index (χ1n) is 11.6. The average molecular weight is 441 g/mol. The molecule has 4 aliphatic rings. The van der Waals surface area contributed by atoms with Crippen molar-refractivity contribution in [3.8, 4) is 11.5 Å². The van der Waals surface area contributed by atoms with Crippen LogP contribution in [0.15, 0.2) is 63.6 Å². The monoisotopic (exact) mass is 441 g/mol. The van der Waals surface area contributed by atoms with Gasteiger partial charge in [-0.2, -0.15) is 0 Å². The van der Waals surface area contributed by atoms with Gasteiger partial charge in [0.05, 0.1) is 23.8 Å². The number of fused-ring (bicyclic) bond motifs is 4. The molecule has 2 aromatic carbocycles. The van der Waals surface area contributed by atoms with Gasteiger partial charge >= 0.3 is 0 Å². The molecule has 8 rings (SSSR count). The summed E-state index contributed by atoms with van der Waals surface area (Å²) >= 11 is 0. The predicted octanol–water partition coefficient (Wildman–Crippen LogP) is 4.22. The summed E-state index contributed by atoms with van der Waals surface area (Å²) < 4.78 is 18.6. The van der Waals surface area contributed by atoms with E-state index >= 15 is 0 Å². The number of aromatic hydroxyl groups is 1. The molecule has 2 bridgehead atoms. The molecule has 2 N–H and O–H groups in total. The third kappa shape index (κ3) is 1.99. The molecule has 33 heavy (non-hydrogen) atoms. The lowest BCUT2D eigenvalue weighted by molar-refractivity contribution is -0.177. The number of para-hydroxylation sites is 1. The molecule has 1 spiro atoms. The van der Waals surface area contributed by atoms with E-state index in [-0.39, 0.29) is 11.8 Å². The van der Waals surface area contributed by atoms with Crippen LogP contribution in [0.2, 0.25) is 0 Å². The summed E-state index contributed by atoms with van der Waals surface area (Å²) in [5.41, 5.74) is 2.24. The maximum atomic E-state index is 12.8. The van der Waals surface area contributed by atoms with Gasteiger partial charge in [0.15, 0.2) is 17.6 Å². The highest BCUT2D eigenvalue weighted by atomic mass is 16.5. The van der Waals surface area contributed by atoms with E-state index in [1.807, 2.05) is 36.4 Å². The topological polar surface area (TPSA) is 79.2 Å². The van der Waals surface area contributed by atoms with E-state index in [1.165, 1.54) is 0 Å². The number of benzene rings is 2. The van der Waals surface area contributed by atoms with Gasteiger partial charge in [-0.1, -0.05) is 24.3 Å². The molecule has 4 unspecified atom stereocenters. The minimum absolute atomic E-state index is 0.104. The van der Waals surface area contributed by atoms with Crippen molar-refractivity contribution in [1.82, 2.24) is 4.90 Å². The lowest BCUT2D eigenvalue weighted by atomic mass is 9.49. The van der Waals surface area contributed by atoms with E-state index in [1.54, 1.807) is 12.3 Å². The number of phenols is 1. The number of hydrogen-bond acceptors (Lipinski definition) is 6. The van der Waals surface area contributed by atoms with Gasteiger partial charge in [0.25, 0.3) is 0 Å². The molecule has 6 heteroatoms. The Morgan fingerprint density at radius 2 is 2.00 bits per heavy atom. The Kier molecular flexibility index (Phi) is 3.22. The second-order valence-electron chi connectivity index (χ2n) is 9.98. The van der Waals surface area contributed by atoms with Crippen LogP contribution >= 0.6 is 0 Å². The van der Waals surface area contributed by atoms with Gasteiger partial charge in [-0.25, -0.2) is 0 Å². The molecule has 4 heterocycles. The van der Waals surface area contributed by atoms with Gasteiger partial charge in [0, 0.05) is 35.5 Å². The molecule has 166 valence electrons. The van der Waals surface area contributed by atoms with Crippen molar-refractivity contribution < 1.29 is 23.8 Å². The fourth-order valence-electron chi connectivity index (χ4n) is 7.36. The van der Waals surface area contributed by atoms with Crippen LogP contribution in [0.1, 0.15) is 40.7 Å². The van der Waals surface area contributed by atoms with Crippen molar-refractivity contribution in [3.05, 3.63) is 83.0 Å². The predicted molar refractivity (Wildman–Crippen MR) is 119 cm³/mol. The number of furan rings is 2. The van der Waals surface area contributed by atoms with Crippen LogP contribution in [0.3, 0.4) is 0 Å². The van der Waals surface area contributed by atoms with E-state index in [0.717, 1.165) is 45.7 Å². The van der Waals surface area contributed by atoms with Crippen LogP contribution in [0.5, 0.6) is 11.5 Å². The van der Waals surface area contributed by atoms with Crippen LogP contribution in [0.25, 0.3) is 11.0 Å². The third-order valence-corrected chi connectivity index (χ3v) is 8.68. The number of likely N-dealkylation sites (tertiary alicyclic amines) is 1. The molecule has 1 saturated heterocycles. The van der Waals surface area contributed by atoms with Crippen LogP contribution in [0, 0.1) is 0 Å². The fourth-order valence-corrected chi connectivity index (χ4v) is 7.36. The Hall–Kier alpha value is -3.22. The molecule has 2 aromatic heterocycles. The van der Waals surface area contributed by atoms with E-state index in [4.69, 9.17) is 13.6 Å². The minimum atomic E-state index is -1.06. The molecule has 2 aliphatic heterocycles. The van der Waals surface area contributed by atoms with Crippen LogP contribution in [-0.2, 0) is 24.8 Å². The first-order valence-corrected chi connectivity index (χ1v) is 11.6. The number of hydrogen-bond donors (Lipinski definition) is 2. The van der Waals surface area contributed by atoms with E-state index < -0.39 is 17.1 Å². The number of aliphatic hydroxyl groups is 1. The molecule has 1 fully saturated rings. The molecule has 0 saturated carbocycles. The van der Waals surface area contributed by atoms with Crippen LogP contribution in [0.4, 0.5) is 0 Å². The molecule has 2 aliphatic carbocycles. The summed E-state index contributed by atoms with van der Waals surface area (Å²) in [7, 11) is 0. The highest BCUT2D eigenvalue weighted by molar-refractivity contribution is 5.84. The summed E-state index contributed by atoms with van der Waals surface area (Å²) in [6.45, 7) is 1.46. The van der Waals surface area contributed by atoms with Crippen molar-refractivity contribution in [3.63, 3.8) is 0 Å². The molecule has 0 amide bonds. The molecule has 4 aromatic rings. The van der Waals surface area contributed by atoms with Gasteiger partial charge < -0.3 is 23.8 Å². The van der Waals surface area contributed by atoms with Crippen molar-refractivity contribution >= 4 is 11.0 Å². The normalized spacial score (nSPS) is 31.3. The Bertz CT molecular complexity index is 1440. The summed E-state index contributed by atoms with van der Waals surface area (Å²) in [5.74, 6) is 2.34. The maximum absolute atomic E-state index is 12.8. The van der Waals surface area contributed by atoms with E-state index in [0.29, 0.717) is 31.6 Å². The van der Waals surface area contributed by atoms with Gasteiger partial charge in [-0.3, -0.25) is 4.90 Å². The Morgan fingerprint density at radius 1 is 1.09 bits per heavy atom. The molecular formula is C27H23NO5. The summed E-state index contributed by atoms with van der Waals surface area (Å²) in [4.78, 5) is 2.36. The number of rotatable bonds is 2. The maximum Gasteiger partial charge on any atom is 0.169 e. The standard InChI is InChI=1S/C27H23NO5/c29-19-8-7-15-12-21-27(30)13-18-17-5-1-2-6-20(17)32-23(18)25-26(27,22(15)24(19)33-25)9-10-28(21)14-16-4-3-11-31-16/h1-8,11,21,25,29-30H,9-10,12-14H2. The first-order chi connectivity index (χ1) is 16.1. The van der Waals surface area contributed by atoms with E-state index in [9.17, 15) is 10.2 Å². The zero-order chi connectivity index (χ0) is 21.9. The SMILES string of the molecule is Oc1ccc2c3c1OC1c4oc5ccccc5c4CC4(O)C(C2)N(Cc2ccco2)CCC314. The van der Waals surface area contributed by atoms with E-state index in [2.05, 4.69) is 11.0 Å². The minimum Gasteiger partial charge on any atom is -0.504 e. The number of nitrogens with zero attached hydrogens (tertiary/aromatic N) is 1. The van der Waals surface area contributed by atoms with Crippen LogP contribution < -0.4 is 4.74 Å². The van der Waals surface area contributed by atoms with Gasteiger partial charge in [-0.05, 0) is 42.7 Å². The summed E-state index contributed by atoms with van der Waals surface area (Å²) in [5, 5.41) is 24.5. The third-order valence-electron chi connectivity index (χ3n) is 8.68. The zero-order valence-corrected chi connectivity index (χ0v) is 18.0. The smallest absolute Gasteiger partial charge is 0.169 e. The van der Waals surface area contributed by atoms with Crippen LogP contribution in [-0.4, -0.2) is 33.3 Å². The number of phenolic OH excluding ortho intramolecular Hbond substituents is 1. The molecular weight excluding hydrogens is 418 g/mol. The van der Waals surface area contributed by atoms with Crippen molar-refractivity contribution in [2.75, 3.05) is 6.54 Å². The Labute approximate surface area is 190 Å². The number of ether oxygens (including phenoxy) is 1. The molecule has 6 nitrogen and oxygen atoms in total. The fraction of sp³-hybridized carbons (Fsp3) is 0.333.